The highest BCUT2D eigenvalue weighted by molar-refractivity contribution is 6.08. The lowest BCUT2D eigenvalue weighted by molar-refractivity contribution is -0.348. The molecule has 0 atom stereocenters. The van der Waals surface area contributed by atoms with Gasteiger partial charge in [-0.15, -0.1) is 0 Å². The Morgan fingerprint density at radius 3 is 1.98 bits per heavy atom. The Labute approximate surface area is 238 Å². The van der Waals surface area contributed by atoms with Crippen LogP contribution < -0.4 is 19.5 Å². The molecular formula is C28H22F9NO5. The van der Waals surface area contributed by atoms with E-state index in [1.165, 1.54) is 31.4 Å². The number of nitrogens with one attached hydrogen (secondary N) is 1. The van der Waals surface area contributed by atoms with Crippen molar-refractivity contribution in [2.45, 2.75) is 38.0 Å². The lowest BCUT2D eigenvalue weighted by Gasteiger charge is -2.31. The van der Waals surface area contributed by atoms with Crippen molar-refractivity contribution in [2.24, 2.45) is 0 Å². The minimum Gasteiger partial charge on any atom is -0.496 e. The van der Waals surface area contributed by atoms with E-state index in [4.69, 9.17) is 9.47 Å². The summed E-state index contributed by atoms with van der Waals surface area (Å²) in [6.07, 6.45) is -13.4. The molecule has 1 amide bonds. The first-order valence-electron chi connectivity index (χ1n) is 12.0. The van der Waals surface area contributed by atoms with Crippen LogP contribution in [0.25, 0.3) is 0 Å². The Bertz CT molecular complexity index is 1490. The van der Waals surface area contributed by atoms with Crippen LogP contribution in [-0.2, 0) is 12.1 Å². The van der Waals surface area contributed by atoms with Gasteiger partial charge in [0.25, 0.3) is 5.91 Å². The first-order valence-corrected chi connectivity index (χ1v) is 12.0. The second kappa shape index (κ2) is 12.4. The monoisotopic (exact) mass is 623 g/mol. The number of methoxy groups -OCH3 is 2. The molecule has 0 aliphatic heterocycles. The van der Waals surface area contributed by atoms with E-state index in [9.17, 15) is 49.1 Å². The summed E-state index contributed by atoms with van der Waals surface area (Å²) in [5, 5.41) is 2.09. The average molecular weight is 623 g/mol. The molecule has 3 aromatic carbocycles. The van der Waals surface area contributed by atoms with Crippen LogP contribution in [-0.4, -0.2) is 44.9 Å². The van der Waals surface area contributed by atoms with Crippen molar-refractivity contribution in [2.75, 3.05) is 19.5 Å². The van der Waals surface area contributed by atoms with E-state index in [1.807, 2.05) is 0 Å². The molecule has 0 saturated heterocycles. The van der Waals surface area contributed by atoms with Crippen molar-refractivity contribution in [3.05, 3.63) is 82.4 Å². The molecule has 0 fully saturated rings. The Kier molecular flexibility index (Phi) is 9.56. The molecule has 0 heterocycles. The highest BCUT2D eigenvalue weighted by Crippen LogP contribution is 2.54. The fourth-order valence-corrected chi connectivity index (χ4v) is 4.26. The SMILES string of the molecule is COc1ccccc1C(=O)Cc1cccc(C(=O)Nc2c(C)cc(C(F)(C(F)(F)F)C(F)(F)F)cc2OC(F)F)c1OC. The van der Waals surface area contributed by atoms with Crippen molar-refractivity contribution in [3.63, 3.8) is 0 Å². The lowest BCUT2D eigenvalue weighted by Crippen LogP contribution is -2.50. The number of para-hydroxylation sites is 2. The molecule has 6 nitrogen and oxygen atoms in total. The zero-order chi connectivity index (χ0) is 32.3. The fourth-order valence-electron chi connectivity index (χ4n) is 4.26. The van der Waals surface area contributed by atoms with Crippen molar-refractivity contribution in [1.29, 1.82) is 0 Å². The maximum absolute atomic E-state index is 14.7. The number of rotatable bonds is 10. The average Bonchev–Trinajstić information content (AvgIpc) is 2.92. The highest BCUT2D eigenvalue weighted by Gasteiger charge is 2.73. The number of alkyl halides is 9. The number of ether oxygens (including phenoxy) is 3. The van der Waals surface area contributed by atoms with Gasteiger partial charge in [-0.3, -0.25) is 9.59 Å². The molecule has 43 heavy (non-hydrogen) atoms. The van der Waals surface area contributed by atoms with E-state index >= 15 is 0 Å². The van der Waals surface area contributed by atoms with Crippen LogP contribution in [0.15, 0.2) is 54.6 Å². The maximum atomic E-state index is 14.7. The van der Waals surface area contributed by atoms with Gasteiger partial charge in [0.15, 0.2) is 5.78 Å². The van der Waals surface area contributed by atoms with Gasteiger partial charge < -0.3 is 19.5 Å². The summed E-state index contributed by atoms with van der Waals surface area (Å²) in [7, 11) is 2.52. The number of ketones is 1. The summed E-state index contributed by atoms with van der Waals surface area (Å²) < 4.78 is 135. The number of hydrogen-bond acceptors (Lipinski definition) is 5. The summed E-state index contributed by atoms with van der Waals surface area (Å²) in [5.74, 6) is -2.80. The molecule has 0 aromatic heterocycles. The molecule has 0 radical (unpaired) electrons. The first kappa shape index (κ1) is 33.1. The second-order valence-electron chi connectivity index (χ2n) is 8.95. The number of amides is 1. The first-order chi connectivity index (χ1) is 20.0. The summed E-state index contributed by atoms with van der Waals surface area (Å²) in [4.78, 5) is 26.2. The molecule has 0 bridgehead atoms. The maximum Gasteiger partial charge on any atom is 0.435 e. The largest absolute Gasteiger partial charge is 0.496 e. The van der Waals surface area contributed by atoms with Gasteiger partial charge in [-0.25, -0.2) is 4.39 Å². The number of anilines is 1. The number of carbonyl (C=O) groups is 2. The van der Waals surface area contributed by atoms with Gasteiger partial charge in [-0.05, 0) is 42.8 Å². The van der Waals surface area contributed by atoms with E-state index in [1.54, 1.807) is 18.2 Å². The Morgan fingerprint density at radius 1 is 0.814 bits per heavy atom. The van der Waals surface area contributed by atoms with E-state index in [-0.39, 0.29) is 46.7 Å². The molecule has 232 valence electrons. The molecule has 3 rings (SSSR count). The summed E-state index contributed by atoms with van der Waals surface area (Å²) >= 11 is 0. The number of aryl methyl sites for hydroxylation is 1. The van der Waals surface area contributed by atoms with Gasteiger partial charge >= 0.3 is 24.6 Å². The minimum atomic E-state index is -6.53. The quantitative estimate of drug-likeness (QED) is 0.186. The molecule has 0 saturated carbocycles. The van der Waals surface area contributed by atoms with E-state index in [0.29, 0.717) is 0 Å². The fraction of sp³-hybridized carbons (Fsp3) is 0.286. The third kappa shape index (κ3) is 6.65. The van der Waals surface area contributed by atoms with Crippen LogP contribution >= 0.6 is 0 Å². The normalized spacial score (nSPS) is 12.2. The Morgan fingerprint density at radius 2 is 1.42 bits per heavy atom. The number of carbonyl (C=O) groups excluding carboxylic acids is 2. The standard InChI is InChI=1S/C28H22F9NO5/c1-14-11-16(26(31,27(32,33)34)28(35,36)37)13-21(43-25(29)30)22(14)38-24(40)18-9-6-7-15(23(18)42-3)12-19(39)17-8-4-5-10-20(17)41-2/h4-11,13,25H,12H2,1-3H3,(H,38,40). The van der Waals surface area contributed by atoms with Crippen LogP contribution in [0.5, 0.6) is 17.2 Å². The second-order valence-corrected chi connectivity index (χ2v) is 8.95. The molecular weight excluding hydrogens is 601 g/mol. The number of Topliss-reactive ketones (excluding diaryl/α,β-unsaturated/α-hetero) is 1. The van der Waals surface area contributed by atoms with Crippen LogP contribution in [0.2, 0.25) is 0 Å². The lowest BCUT2D eigenvalue weighted by atomic mass is 9.91. The topological polar surface area (TPSA) is 73.9 Å². The van der Waals surface area contributed by atoms with Crippen molar-refractivity contribution >= 4 is 17.4 Å². The third-order valence-corrected chi connectivity index (χ3v) is 6.24. The van der Waals surface area contributed by atoms with Crippen LogP contribution in [0.3, 0.4) is 0 Å². The molecule has 3 aromatic rings. The minimum absolute atomic E-state index is 0.106. The summed E-state index contributed by atoms with van der Waals surface area (Å²) in [6.45, 7) is -2.93. The van der Waals surface area contributed by atoms with Gasteiger partial charge in [0.1, 0.15) is 17.2 Å². The number of benzene rings is 3. The molecule has 0 aliphatic carbocycles. The zero-order valence-electron chi connectivity index (χ0n) is 22.4. The molecule has 1 N–H and O–H groups in total. The summed E-state index contributed by atoms with van der Waals surface area (Å²) in [5.41, 5.74) is -9.35. The predicted octanol–water partition coefficient (Wildman–Crippen LogP) is 7.58. The number of halogens is 9. The molecule has 15 heteroatoms. The van der Waals surface area contributed by atoms with Gasteiger partial charge in [-0.1, -0.05) is 24.3 Å². The Balaban J connectivity index is 2.05. The molecule has 0 aliphatic rings. The van der Waals surface area contributed by atoms with Crippen LogP contribution in [0.4, 0.5) is 45.2 Å². The van der Waals surface area contributed by atoms with Crippen LogP contribution in [0, 0.1) is 6.92 Å². The van der Waals surface area contributed by atoms with Crippen molar-refractivity contribution < 1.29 is 63.3 Å². The van der Waals surface area contributed by atoms with Crippen molar-refractivity contribution in [3.8, 4) is 17.2 Å². The third-order valence-electron chi connectivity index (χ3n) is 6.24. The van der Waals surface area contributed by atoms with Gasteiger partial charge in [0, 0.05) is 17.5 Å². The van der Waals surface area contributed by atoms with E-state index in [2.05, 4.69) is 10.1 Å². The van der Waals surface area contributed by atoms with Gasteiger partial charge in [0.2, 0.25) is 0 Å². The van der Waals surface area contributed by atoms with Gasteiger partial charge in [0.05, 0.1) is 31.0 Å². The smallest absolute Gasteiger partial charge is 0.435 e. The summed E-state index contributed by atoms with van der Waals surface area (Å²) in [6, 6.07) is 10.2. The van der Waals surface area contributed by atoms with Gasteiger partial charge in [-0.2, -0.15) is 35.1 Å². The molecule has 0 spiro atoms. The van der Waals surface area contributed by atoms with Crippen LogP contribution in [0.1, 0.15) is 37.4 Å². The Hall–Kier alpha value is -4.43. The van der Waals surface area contributed by atoms with E-state index < -0.39 is 58.9 Å². The predicted molar refractivity (Wildman–Crippen MR) is 135 cm³/mol. The zero-order valence-corrected chi connectivity index (χ0v) is 22.4. The highest BCUT2D eigenvalue weighted by atomic mass is 19.4. The van der Waals surface area contributed by atoms with E-state index in [0.717, 1.165) is 14.0 Å². The number of hydrogen-bond donors (Lipinski definition) is 1. The van der Waals surface area contributed by atoms with Crippen molar-refractivity contribution in [1.82, 2.24) is 0 Å². The molecule has 0 unspecified atom stereocenters.